The SMILES string of the molecule is COc1cccc(N(C)C(=O)c2ccc(CN)cc2)c1. The van der Waals surface area contributed by atoms with Gasteiger partial charge in [0.1, 0.15) is 5.75 Å². The molecule has 0 atom stereocenters. The van der Waals surface area contributed by atoms with Crippen molar-refractivity contribution in [3.63, 3.8) is 0 Å². The van der Waals surface area contributed by atoms with Gasteiger partial charge in [-0.15, -0.1) is 0 Å². The van der Waals surface area contributed by atoms with Gasteiger partial charge >= 0.3 is 0 Å². The van der Waals surface area contributed by atoms with Crippen molar-refractivity contribution in [3.8, 4) is 5.75 Å². The van der Waals surface area contributed by atoms with Crippen LogP contribution in [0.15, 0.2) is 48.5 Å². The van der Waals surface area contributed by atoms with E-state index in [0.29, 0.717) is 12.1 Å². The van der Waals surface area contributed by atoms with Crippen molar-refractivity contribution in [1.82, 2.24) is 0 Å². The molecule has 0 aliphatic rings. The van der Waals surface area contributed by atoms with Crippen LogP contribution in [0.4, 0.5) is 5.69 Å². The number of nitrogens with zero attached hydrogens (tertiary/aromatic N) is 1. The van der Waals surface area contributed by atoms with Gasteiger partial charge in [0.05, 0.1) is 7.11 Å². The lowest BCUT2D eigenvalue weighted by atomic mass is 10.1. The maximum absolute atomic E-state index is 12.4. The number of ether oxygens (including phenoxy) is 1. The van der Waals surface area contributed by atoms with Crippen LogP contribution in [0.3, 0.4) is 0 Å². The predicted molar refractivity (Wildman–Crippen MR) is 80.1 cm³/mol. The summed E-state index contributed by atoms with van der Waals surface area (Å²) in [6.07, 6.45) is 0. The maximum Gasteiger partial charge on any atom is 0.258 e. The summed E-state index contributed by atoms with van der Waals surface area (Å²) < 4.78 is 5.17. The second kappa shape index (κ2) is 6.21. The third kappa shape index (κ3) is 2.97. The molecule has 4 nitrogen and oxygen atoms in total. The van der Waals surface area contributed by atoms with Crippen LogP contribution >= 0.6 is 0 Å². The van der Waals surface area contributed by atoms with E-state index in [1.807, 2.05) is 36.4 Å². The molecule has 0 unspecified atom stereocenters. The van der Waals surface area contributed by atoms with Crippen LogP contribution in [0, 0.1) is 0 Å². The molecule has 0 aliphatic carbocycles. The third-order valence-corrected chi connectivity index (χ3v) is 3.18. The lowest BCUT2D eigenvalue weighted by Crippen LogP contribution is -2.26. The number of anilines is 1. The van der Waals surface area contributed by atoms with Crippen LogP contribution in [-0.2, 0) is 6.54 Å². The predicted octanol–water partition coefficient (Wildman–Crippen LogP) is 2.43. The molecule has 104 valence electrons. The Labute approximate surface area is 118 Å². The number of nitrogens with two attached hydrogens (primary N) is 1. The van der Waals surface area contributed by atoms with Gasteiger partial charge in [-0.25, -0.2) is 0 Å². The van der Waals surface area contributed by atoms with E-state index < -0.39 is 0 Å². The normalized spacial score (nSPS) is 10.2. The molecular formula is C16H18N2O2. The van der Waals surface area contributed by atoms with Crippen molar-refractivity contribution in [1.29, 1.82) is 0 Å². The first-order valence-corrected chi connectivity index (χ1v) is 6.37. The topological polar surface area (TPSA) is 55.6 Å². The van der Waals surface area contributed by atoms with Gasteiger partial charge in [0.15, 0.2) is 0 Å². The quantitative estimate of drug-likeness (QED) is 0.928. The second-order valence-corrected chi connectivity index (χ2v) is 4.47. The Bertz CT molecular complexity index is 594. The van der Waals surface area contributed by atoms with E-state index in [9.17, 15) is 4.79 Å². The highest BCUT2D eigenvalue weighted by atomic mass is 16.5. The molecule has 0 aliphatic heterocycles. The summed E-state index contributed by atoms with van der Waals surface area (Å²) in [7, 11) is 3.35. The van der Waals surface area contributed by atoms with Crippen LogP contribution in [-0.4, -0.2) is 20.1 Å². The first-order valence-electron chi connectivity index (χ1n) is 6.37. The minimum Gasteiger partial charge on any atom is -0.497 e. The molecule has 20 heavy (non-hydrogen) atoms. The first kappa shape index (κ1) is 14.1. The van der Waals surface area contributed by atoms with E-state index in [0.717, 1.165) is 17.0 Å². The molecule has 4 heteroatoms. The fourth-order valence-corrected chi connectivity index (χ4v) is 1.91. The Balaban J connectivity index is 2.22. The van der Waals surface area contributed by atoms with Gasteiger partial charge in [-0.2, -0.15) is 0 Å². The Kier molecular flexibility index (Phi) is 4.38. The van der Waals surface area contributed by atoms with Crippen molar-refractivity contribution in [2.45, 2.75) is 6.54 Å². The maximum atomic E-state index is 12.4. The summed E-state index contributed by atoms with van der Waals surface area (Å²) >= 11 is 0. The van der Waals surface area contributed by atoms with Gasteiger partial charge in [0.2, 0.25) is 0 Å². The van der Waals surface area contributed by atoms with Crippen LogP contribution < -0.4 is 15.4 Å². The summed E-state index contributed by atoms with van der Waals surface area (Å²) in [5.41, 5.74) is 7.98. The second-order valence-electron chi connectivity index (χ2n) is 4.47. The molecule has 0 spiro atoms. The molecule has 0 fully saturated rings. The van der Waals surface area contributed by atoms with Crippen molar-refractivity contribution in [3.05, 3.63) is 59.7 Å². The van der Waals surface area contributed by atoms with Crippen LogP contribution in [0.5, 0.6) is 5.75 Å². The Morgan fingerprint density at radius 1 is 1.20 bits per heavy atom. The van der Waals surface area contributed by atoms with Gasteiger partial charge in [-0.3, -0.25) is 4.79 Å². The van der Waals surface area contributed by atoms with Crippen molar-refractivity contribution < 1.29 is 9.53 Å². The molecule has 1 amide bonds. The number of carbonyl (C=O) groups is 1. The van der Waals surface area contributed by atoms with Crippen LogP contribution in [0.1, 0.15) is 15.9 Å². The number of carbonyl (C=O) groups excluding carboxylic acids is 1. The zero-order chi connectivity index (χ0) is 14.5. The molecule has 0 bridgehead atoms. The molecule has 2 N–H and O–H groups in total. The smallest absolute Gasteiger partial charge is 0.258 e. The van der Waals surface area contributed by atoms with Gasteiger partial charge in [0, 0.05) is 30.9 Å². The average molecular weight is 270 g/mol. The van der Waals surface area contributed by atoms with E-state index in [-0.39, 0.29) is 5.91 Å². The highest BCUT2D eigenvalue weighted by Gasteiger charge is 2.13. The third-order valence-electron chi connectivity index (χ3n) is 3.18. The molecule has 0 saturated heterocycles. The summed E-state index contributed by atoms with van der Waals surface area (Å²) in [6, 6.07) is 14.7. The lowest BCUT2D eigenvalue weighted by Gasteiger charge is -2.18. The van der Waals surface area contributed by atoms with Gasteiger partial charge in [-0.05, 0) is 29.8 Å². The molecular weight excluding hydrogens is 252 g/mol. The van der Waals surface area contributed by atoms with Crippen molar-refractivity contribution in [2.75, 3.05) is 19.1 Å². The highest BCUT2D eigenvalue weighted by molar-refractivity contribution is 6.05. The van der Waals surface area contributed by atoms with E-state index in [2.05, 4.69) is 0 Å². The minimum absolute atomic E-state index is 0.0678. The standard InChI is InChI=1S/C16H18N2O2/c1-18(14-4-3-5-15(10-14)20-2)16(19)13-8-6-12(11-17)7-9-13/h3-10H,11,17H2,1-2H3. The number of benzene rings is 2. The lowest BCUT2D eigenvalue weighted by molar-refractivity contribution is 0.0993. The largest absolute Gasteiger partial charge is 0.497 e. The number of rotatable bonds is 4. The highest BCUT2D eigenvalue weighted by Crippen LogP contribution is 2.21. The number of hydrogen-bond acceptors (Lipinski definition) is 3. The van der Waals surface area contributed by atoms with E-state index >= 15 is 0 Å². The summed E-state index contributed by atoms with van der Waals surface area (Å²) in [6.45, 7) is 0.472. The minimum atomic E-state index is -0.0678. The van der Waals surface area contributed by atoms with E-state index in [1.165, 1.54) is 0 Å². The number of methoxy groups -OCH3 is 1. The van der Waals surface area contributed by atoms with Crippen molar-refractivity contribution >= 4 is 11.6 Å². The number of amides is 1. The monoisotopic (exact) mass is 270 g/mol. The molecule has 0 radical (unpaired) electrons. The van der Waals surface area contributed by atoms with Gasteiger partial charge in [-0.1, -0.05) is 18.2 Å². The van der Waals surface area contributed by atoms with E-state index in [1.54, 1.807) is 31.2 Å². The summed E-state index contributed by atoms with van der Waals surface area (Å²) in [4.78, 5) is 14.0. The molecule has 0 heterocycles. The van der Waals surface area contributed by atoms with Crippen LogP contribution in [0.2, 0.25) is 0 Å². The van der Waals surface area contributed by atoms with Crippen LogP contribution in [0.25, 0.3) is 0 Å². The first-order chi connectivity index (χ1) is 9.65. The summed E-state index contributed by atoms with van der Waals surface area (Å²) in [5, 5.41) is 0. The van der Waals surface area contributed by atoms with E-state index in [4.69, 9.17) is 10.5 Å². The molecule has 0 saturated carbocycles. The molecule has 2 rings (SSSR count). The fourth-order valence-electron chi connectivity index (χ4n) is 1.91. The van der Waals surface area contributed by atoms with Gasteiger partial charge in [0.25, 0.3) is 5.91 Å². The Morgan fingerprint density at radius 2 is 1.90 bits per heavy atom. The van der Waals surface area contributed by atoms with Crippen molar-refractivity contribution in [2.24, 2.45) is 5.73 Å². The molecule has 0 aromatic heterocycles. The Hall–Kier alpha value is -2.33. The number of hydrogen-bond donors (Lipinski definition) is 1. The summed E-state index contributed by atoms with van der Waals surface area (Å²) in [5.74, 6) is 0.655. The van der Waals surface area contributed by atoms with Gasteiger partial charge < -0.3 is 15.4 Å². The zero-order valence-electron chi connectivity index (χ0n) is 11.7. The zero-order valence-corrected chi connectivity index (χ0v) is 11.7. The molecule has 2 aromatic rings. The fraction of sp³-hybridized carbons (Fsp3) is 0.188. The molecule has 2 aromatic carbocycles. The Morgan fingerprint density at radius 3 is 2.50 bits per heavy atom. The average Bonchev–Trinajstić information content (AvgIpc) is 2.53.